The number of carbonyl (C=O) groups excluding carboxylic acids is 1. The number of benzene rings is 1. The molecule has 0 amide bonds. The van der Waals surface area contributed by atoms with Crippen LogP contribution in [0.1, 0.15) is 38.7 Å². The van der Waals surface area contributed by atoms with Gasteiger partial charge < -0.3 is 0 Å². The molecule has 0 bridgehead atoms. The molecule has 0 aliphatic heterocycles. The van der Waals surface area contributed by atoms with Gasteiger partial charge in [-0.3, -0.25) is 4.79 Å². The summed E-state index contributed by atoms with van der Waals surface area (Å²) in [7, 11) is 0. The van der Waals surface area contributed by atoms with E-state index in [0.29, 0.717) is 17.5 Å². The van der Waals surface area contributed by atoms with E-state index in [-0.39, 0.29) is 0 Å². The third-order valence-electron chi connectivity index (χ3n) is 2.84. The summed E-state index contributed by atoms with van der Waals surface area (Å²) in [6.07, 6.45) is 3.05. The predicted octanol–water partition coefficient (Wildman–Crippen LogP) is 4.48. The van der Waals surface area contributed by atoms with Crippen LogP contribution in [0.2, 0.25) is 0 Å². The van der Waals surface area contributed by atoms with Crippen LogP contribution in [0.4, 0.5) is 0 Å². The lowest BCUT2D eigenvalue weighted by molar-refractivity contribution is -0.117. The lowest BCUT2D eigenvalue weighted by Gasteiger charge is -2.09. The topological polar surface area (TPSA) is 17.1 Å². The van der Waals surface area contributed by atoms with Crippen molar-refractivity contribution < 1.29 is 4.79 Å². The fourth-order valence-electron chi connectivity index (χ4n) is 1.92. The van der Waals surface area contributed by atoms with Crippen molar-refractivity contribution in [3.8, 4) is 0 Å². The van der Waals surface area contributed by atoms with Gasteiger partial charge in [0.2, 0.25) is 0 Å². The van der Waals surface area contributed by atoms with Crippen LogP contribution in [0.5, 0.6) is 0 Å². The Morgan fingerprint density at radius 2 is 2.06 bits per heavy atom. The largest absolute Gasteiger partial charge is 0.299 e. The summed E-state index contributed by atoms with van der Waals surface area (Å²) in [5.41, 5.74) is 1.26. The highest BCUT2D eigenvalue weighted by Gasteiger charge is 2.09. The summed E-state index contributed by atoms with van der Waals surface area (Å²) >= 11 is 1.67. The van der Waals surface area contributed by atoms with Crippen LogP contribution >= 0.6 is 11.8 Å². The van der Waals surface area contributed by atoms with Crippen molar-refractivity contribution in [1.29, 1.82) is 0 Å². The Hall–Kier alpha value is -0.760. The average Bonchev–Trinajstić information content (AvgIpc) is 2.28. The molecule has 1 aromatic carbocycles. The van der Waals surface area contributed by atoms with Crippen molar-refractivity contribution >= 4 is 17.5 Å². The van der Waals surface area contributed by atoms with E-state index in [1.807, 2.05) is 12.1 Å². The molecule has 1 unspecified atom stereocenters. The summed E-state index contributed by atoms with van der Waals surface area (Å²) in [5.74, 6) is 1.52. The van der Waals surface area contributed by atoms with E-state index in [1.165, 1.54) is 16.9 Å². The number of rotatable bonds is 7. The normalized spacial score (nSPS) is 12.4. The van der Waals surface area contributed by atoms with Crippen LogP contribution in [-0.2, 0) is 4.79 Å². The van der Waals surface area contributed by atoms with E-state index < -0.39 is 0 Å². The Labute approximate surface area is 109 Å². The standard InChI is InChI=1S/C15H22OS/c1-4-7-12(2)10-14(16)11-17-15-9-6-5-8-13(15)3/h5-6,8-9,12H,4,7,10-11H2,1-3H3. The minimum Gasteiger partial charge on any atom is -0.299 e. The van der Waals surface area contributed by atoms with Gasteiger partial charge in [0, 0.05) is 11.3 Å². The molecule has 17 heavy (non-hydrogen) atoms. The first kappa shape index (κ1) is 14.3. The average molecular weight is 250 g/mol. The van der Waals surface area contributed by atoms with Gasteiger partial charge in [-0.25, -0.2) is 0 Å². The van der Waals surface area contributed by atoms with Crippen LogP contribution in [0.25, 0.3) is 0 Å². The summed E-state index contributed by atoms with van der Waals surface area (Å²) in [6, 6.07) is 8.24. The summed E-state index contributed by atoms with van der Waals surface area (Å²) in [6.45, 7) is 6.43. The fraction of sp³-hybridized carbons (Fsp3) is 0.533. The maximum atomic E-state index is 11.8. The molecule has 0 saturated heterocycles. The van der Waals surface area contributed by atoms with E-state index in [4.69, 9.17) is 0 Å². The second-order valence-corrected chi connectivity index (χ2v) is 5.71. The monoisotopic (exact) mass is 250 g/mol. The van der Waals surface area contributed by atoms with Gasteiger partial charge in [0.25, 0.3) is 0 Å². The maximum absolute atomic E-state index is 11.8. The van der Waals surface area contributed by atoms with Crippen molar-refractivity contribution in [2.45, 2.75) is 44.9 Å². The van der Waals surface area contributed by atoms with Gasteiger partial charge >= 0.3 is 0 Å². The summed E-state index contributed by atoms with van der Waals surface area (Å²) in [5, 5.41) is 0. The maximum Gasteiger partial charge on any atom is 0.143 e. The molecule has 0 aliphatic rings. The summed E-state index contributed by atoms with van der Waals surface area (Å²) < 4.78 is 0. The Kier molecular flexibility index (Phi) is 6.35. The van der Waals surface area contributed by atoms with Gasteiger partial charge in [0.1, 0.15) is 5.78 Å². The first-order chi connectivity index (χ1) is 8.13. The third kappa shape index (κ3) is 5.40. The highest BCUT2D eigenvalue weighted by Crippen LogP contribution is 2.22. The molecule has 0 N–H and O–H groups in total. The molecule has 0 aliphatic carbocycles. The number of ketones is 1. The lowest BCUT2D eigenvalue weighted by Crippen LogP contribution is -2.07. The molecule has 1 rings (SSSR count). The minimum atomic E-state index is 0.374. The first-order valence-corrected chi connectivity index (χ1v) is 7.32. The molecule has 1 nitrogen and oxygen atoms in total. The van der Waals surface area contributed by atoms with Crippen molar-refractivity contribution in [3.05, 3.63) is 29.8 Å². The van der Waals surface area contributed by atoms with Crippen molar-refractivity contribution in [3.63, 3.8) is 0 Å². The molecule has 0 heterocycles. The van der Waals surface area contributed by atoms with Crippen LogP contribution in [0, 0.1) is 12.8 Å². The number of hydrogen-bond acceptors (Lipinski definition) is 2. The van der Waals surface area contributed by atoms with Crippen molar-refractivity contribution in [2.75, 3.05) is 5.75 Å². The zero-order valence-electron chi connectivity index (χ0n) is 11.0. The van der Waals surface area contributed by atoms with Crippen LogP contribution in [0.15, 0.2) is 29.2 Å². The zero-order valence-corrected chi connectivity index (χ0v) is 11.8. The fourth-order valence-corrected chi connectivity index (χ4v) is 2.82. The second-order valence-electron chi connectivity index (χ2n) is 4.69. The van der Waals surface area contributed by atoms with Crippen molar-refractivity contribution in [2.24, 2.45) is 5.92 Å². The number of hydrogen-bond donors (Lipinski definition) is 0. The number of aryl methyl sites for hydroxylation is 1. The minimum absolute atomic E-state index is 0.374. The number of thioether (sulfide) groups is 1. The number of carbonyl (C=O) groups is 1. The highest BCUT2D eigenvalue weighted by molar-refractivity contribution is 8.00. The molecular formula is C15H22OS. The number of Topliss-reactive ketones (excluding diaryl/α,β-unsaturated/α-hetero) is 1. The lowest BCUT2D eigenvalue weighted by atomic mass is 10.0. The van der Waals surface area contributed by atoms with E-state index >= 15 is 0 Å². The third-order valence-corrected chi connectivity index (χ3v) is 4.08. The van der Waals surface area contributed by atoms with Gasteiger partial charge in [-0.05, 0) is 24.5 Å². The van der Waals surface area contributed by atoms with E-state index in [9.17, 15) is 4.79 Å². The molecule has 2 heteroatoms. The smallest absolute Gasteiger partial charge is 0.143 e. The van der Waals surface area contributed by atoms with Crippen molar-refractivity contribution in [1.82, 2.24) is 0 Å². The molecule has 0 aromatic heterocycles. The van der Waals surface area contributed by atoms with Gasteiger partial charge in [-0.15, -0.1) is 11.8 Å². The Morgan fingerprint density at radius 3 is 2.71 bits per heavy atom. The van der Waals surface area contributed by atoms with E-state index in [0.717, 1.165) is 12.8 Å². The van der Waals surface area contributed by atoms with E-state index in [2.05, 4.69) is 32.9 Å². The van der Waals surface area contributed by atoms with Gasteiger partial charge in [-0.2, -0.15) is 0 Å². The van der Waals surface area contributed by atoms with Gasteiger partial charge in [-0.1, -0.05) is 44.9 Å². The quantitative estimate of drug-likeness (QED) is 0.664. The van der Waals surface area contributed by atoms with Crippen LogP contribution < -0.4 is 0 Å². The molecule has 1 atom stereocenters. The predicted molar refractivity (Wildman–Crippen MR) is 75.6 cm³/mol. The molecule has 0 fully saturated rings. The molecule has 0 radical (unpaired) electrons. The van der Waals surface area contributed by atoms with Crippen LogP contribution in [0.3, 0.4) is 0 Å². The molecular weight excluding hydrogens is 228 g/mol. The van der Waals surface area contributed by atoms with Crippen LogP contribution in [-0.4, -0.2) is 11.5 Å². The van der Waals surface area contributed by atoms with Gasteiger partial charge in [0.15, 0.2) is 0 Å². The summed E-state index contributed by atoms with van der Waals surface area (Å²) in [4.78, 5) is 13.0. The first-order valence-electron chi connectivity index (χ1n) is 6.33. The molecule has 0 saturated carbocycles. The Bertz CT molecular complexity index is 360. The highest BCUT2D eigenvalue weighted by atomic mass is 32.2. The molecule has 1 aromatic rings. The molecule has 94 valence electrons. The Morgan fingerprint density at radius 1 is 1.35 bits per heavy atom. The molecule has 0 spiro atoms. The second kappa shape index (κ2) is 7.54. The SMILES string of the molecule is CCCC(C)CC(=O)CSc1ccccc1C. The Balaban J connectivity index is 2.36. The van der Waals surface area contributed by atoms with Gasteiger partial charge in [0.05, 0.1) is 5.75 Å². The zero-order chi connectivity index (χ0) is 12.7. The van der Waals surface area contributed by atoms with E-state index in [1.54, 1.807) is 11.8 Å².